The summed E-state index contributed by atoms with van der Waals surface area (Å²) in [6.45, 7) is 2.00. The van der Waals surface area contributed by atoms with Gasteiger partial charge in [0.25, 0.3) is 0 Å². The average molecular weight is 298 g/mol. The Morgan fingerprint density at radius 3 is 2.45 bits per heavy atom. The number of aryl methyl sites for hydroxylation is 1. The van der Waals surface area contributed by atoms with E-state index in [0.29, 0.717) is 17.1 Å². The predicted molar refractivity (Wildman–Crippen MR) is 84.7 cm³/mol. The van der Waals surface area contributed by atoms with Gasteiger partial charge in [0.1, 0.15) is 17.3 Å². The monoisotopic (exact) mass is 298 g/mol. The Morgan fingerprint density at radius 1 is 1.00 bits per heavy atom. The number of hydrogen-bond acceptors (Lipinski definition) is 4. The SMILES string of the molecule is COC(=O)/C=C(/OC)c1ccccc1Oc1cccc(C)c1. The Hall–Kier alpha value is -2.75. The zero-order chi connectivity index (χ0) is 15.9. The lowest BCUT2D eigenvalue weighted by molar-refractivity contribution is -0.134. The molecule has 0 aliphatic carbocycles. The maximum atomic E-state index is 11.4. The number of esters is 1. The summed E-state index contributed by atoms with van der Waals surface area (Å²) in [5.41, 5.74) is 1.78. The first kappa shape index (κ1) is 15.6. The van der Waals surface area contributed by atoms with Crippen LogP contribution in [0.4, 0.5) is 0 Å². The van der Waals surface area contributed by atoms with Crippen LogP contribution in [-0.2, 0) is 14.3 Å². The van der Waals surface area contributed by atoms with Crippen LogP contribution in [0.2, 0.25) is 0 Å². The topological polar surface area (TPSA) is 44.8 Å². The summed E-state index contributed by atoms with van der Waals surface area (Å²) >= 11 is 0. The lowest BCUT2D eigenvalue weighted by Crippen LogP contribution is -2.00. The lowest BCUT2D eigenvalue weighted by atomic mass is 10.1. The fourth-order valence-corrected chi connectivity index (χ4v) is 1.98. The third kappa shape index (κ3) is 3.88. The molecule has 0 aliphatic rings. The third-order valence-corrected chi connectivity index (χ3v) is 3.04. The minimum Gasteiger partial charge on any atom is -0.496 e. The highest BCUT2D eigenvalue weighted by Crippen LogP contribution is 2.30. The summed E-state index contributed by atoms with van der Waals surface area (Å²) in [7, 11) is 2.82. The van der Waals surface area contributed by atoms with Crippen molar-refractivity contribution in [3.8, 4) is 11.5 Å². The molecule has 4 heteroatoms. The van der Waals surface area contributed by atoms with Gasteiger partial charge in [0.2, 0.25) is 0 Å². The summed E-state index contributed by atoms with van der Waals surface area (Å²) < 4.78 is 15.8. The fraction of sp³-hybridized carbons (Fsp3) is 0.167. The highest BCUT2D eigenvalue weighted by Gasteiger charge is 2.12. The molecule has 0 fully saturated rings. The zero-order valence-electron chi connectivity index (χ0n) is 12.8. The highest BCUT2D eigenvalue weighted by atomic mass is 16.5. The van der Waals surface area contributed by atoms with E-state index >= 15 is 0 Å². The summed E-state index contributed by atoms with van der Waals surface area (Å²) in [4.78, 5) is 11.4. The van der Waals surface area contributed by atoms with Crippen LogP contribution in [0, 0.1) is 6.92 Å². The first-order chi connectivity index (χ1) is 10.6. The summed E-state index contributed by atoms with van der Waals surface area (Å²) in [5.74, 6) is 1.23. The Balaban J connectivity index is 2.37. The molecular weight excluding hydrogens is 280 g/mol. The molecule has 0 atom stereocenters. The van der Waals surface area contributed by atoms with Gasteiger partial charge in [-0.15, -0.1) is 0 Å². The molecule has 0 radical (unpaired) electrons. The molecule has 2 aromatic rings. The van der Waals surface area contributed by atoms with E-state index in [-0.39, 0.29) is 0 Å². The molecule has 22 heavy (non-hydrogen) atoms. The maximum Gasteiger partial charge on any atom is 0.334 e. The van der Waals surface area contributed by atoms with E-state index in [4.69, 9.17) is 9.47 Å². The van der Waals surface area contributed by atoms with E-state index in [0.717, 1.165) is 11.3 Å². The number of carbonyl (C=O) groups is 1. The molecule has 0 amide bonds. The zero-order valence-corrected chi connectivity index (χ0v) is 12.8. The molecule has 114 valence electrons. The van der Waals surface area contributed by atoms with E-state index in [1.807, 2.05) is 55.5 Å². The summed E-state index contributed by atoms with van der Waals surface area (Å²) in [6, 6.07) is 15.1. The van der Waals surface area contributed by atoms with Gasteiger partial charge < -0.3 is 14.2 Å². The second kappa shape index (κ2) is 7.31. The molecule has 2 rings (SSSR count). The molecular formula is C18H18O4. The van der Waals surface area contributed by atoms with Crippen molar-refractivity contribution in [1.82, 2.24) is 0 Å². The van der Waals surface area contributed by atoms with Crippen molar-refractivity contribution < 1.29 is 19.0 Å². The Morgan fingerprint density at radius 2 is 1.77 bits per heavy atom. The van der Waals surface area contributed by atoms with Gasteiger partial charge in [-0.05, 0) is 36.8 Å². The quantitative estimate of drug-likeness (QED) is 0.476. The molecule has 0 aromatic heterocycles. The lowest BCUT2D eigenvalue weighted by Gasteiger charge is -2.13. The molecule has 0 saturated carbocycles. The number of carbonyl (C=O) groups excluding carboxylic acids is 1. The van der Waals surface area contributed by atoms with Gasteiger partial charge >= 0.3 is 5.97 Å². The van der Waals surface area contributed by atoms with E-state index < -0.39 is 5.97 Å². The highest BCUT2D eigenvalue weighted by molar-refractivity contribution is 5.90. The Bertz CT molecular complexity index is 689. The molecule has 0 aliphatic heterocycles. The van der Waals surface area contributed by atoms with Crippen molar-refractivity contribution in [3.05, 3.63) is 65.7 Å². The van der Waals surface area contributed by atoms with Crippen molar-refractivity contribution in [2.24, 2.45) is 0 Å². The molecule has 0 saturated heterocycles. The van der Waals surface area contributed by atoms with Crippen molar-refractivity contribution in [1.29, 1.82) is 0 Å². The molecule has 4 nitrogen and oxygen atoms in total. The molecule has 0 N–H and O–H groups in total. The van der Waals surface area contributed by atoms with Gasteiger partial charge in [0, 0.05) is 0 Å². The number of benzene rings is 2. The van der Waals surface area contributed by atoms with Crippen LogP contribution >= 0.6 is 0 Å². The Labute approximate surface area is 129 Å². The van der Waals surface area contributed by atoms with Gasteiger partial charge in [-0.1, -0.05) is 24.3 Å². The van der Waals surface area contributed by atoms with Gasteiger partial charge in [0.15, 0.2) is 0 Å². The largest absolute Gasteiger partial charge is 0.496 e. The third-order valence-electron chi connectivity index (χ3n) is 3.04. The molecule has 2 aromatic carbocycles. The van der Waals surface area contributed by atoms with Crippen LogP contribution in [0.5, 0.6) is 11.5 Å². The number of methoxy groups -OCH3 is 2. The van der Waals surface area contributed by atoms with Gasteiger partial charge in [-0.2, -0.15) is 0 Å². The molecule has 0 spiro atoms. The fourth-order valence-electron chi connectivity index (χ4n) is 1.98. The average Bonchev–Trinajstić information content (AvgIpc) is 2.53. The van der Waals surface area contributed by atoms with Gasteiger partial charge in [-0.3, -0.25) is 0 Å². The number of para-hydroxylation sites is 1. The van der Waals surface area contributed by atoms with Crippen LogP contribution in [0.3, 0.4) is 0 Å². The summed E-state index contributed by atoms with van der Waals surface area (Å²) in [6.07, 6.45) is 1.29. The molecule has 0 bridgehead atoms. The van der Waals surface area contributed by atoms with Gasteiger partial charge in [-0.25, -0.2) is 4.79 Å². The minimum atomic E-state index is -0.484. The van der Waals surface area contributed by atoms with E-state index in [9.17, 15) is 4.79 Å². The second-order valence-electron chi connectivity index (χ2n) is 4.65. The number of hydrogen-bond donors (Lipinski definition) is 0. The van der Waals surface area contributed by atoms with Crippen LogP contribution in [0.15, 0.2) is 54.6 Å². The molecule has 0 heterocycles. The van der Waals surface area contributed by atoms with Crippen LogP contribution < -0.4 is 4.74 Å². The number of ether oxygens (including phenoxy) is 3. The normalized spacial score (nSPS) is 11.0. The van der Waals surface area contributed by atoms with Crippen molar-refractivity contribution >= 4 is 11.7 Å². The number of rotatable bonds is 5. The van der Waals surface area contributed by atoms with E-state index in [1.54, 1.807) is 0 Å². The maximum absolute atomic E-state index is 11.4. The Kier molecular flexibility index (Phi) is 5.20. The van der Waals surface area contributed by atoms with Crippen molar-refractivity contribution in [2.45, 2.75) is 6.92 Å². The standard InChI is InChI=1S/C18H18O4/c1-13-7-6-8-14(11-13)22-16-10-5-4-9-15(16)17(20-2)12-18(19)21-3/h4-12H,1-3H3/b17-12+. The van der Waals surface area contributed by atoms with Crippen molar-refractivity contribution in [2.75, 3.05) is 14.2 Å². The second-order valence-corrected chi connectivity index (χ2v) is 4.65. The summed E-state index contributed by atoms with van der Waals surface area (Å²) in [5, 5.41) is 0. The first-order valence-electron chi connectivity index (χ1n) is 6.81. The van der Waals surface area contributed by atoms with Crippen LogP contribution in [-0.4, -0.2) is 20.2 Å². The molecule has 0 unspecified atom stereocenters. The minimum absolute atomic E-state index is 0.384. The first-order valence-corrected chi connectivity index (χ1v) is 6.81. The smallest absolute Gasteiger partial charge is 0.334 e. The van der Waals surface area contributed by atoms with Crippen molar-refractivity contribution in [3.63, 3.8) is 0 Å². The van der Waals surface area contributed by atoms with E-state index in [2.05, 4.69) is 4.74 Å². The van der Waals surface area contributed by atoms with E-state index in [1.165, 1.54) is 20.3 Å². The predicted octanol–water partition coefficient (Wildman–Crippen LogP) is 3.95. The van der Waals surface area contributed by atoms with Crippen LogP contribution in [0.25, 0.3) is 5.76 Å². The van der Waals surface area contributed by atoms with Crippen LogP contribution in [0.1, 0.15) is 11.1 Å². The van der Waals surface area contributed by atoms with Gasteiger partial charge in [0.05, 0.1) is 25.9 Å².